The topological polar surface area (TPSA) is 32.3 Å². The van der Waals surface area contributed by atoms with E-state index in [9.17, 15) is 0 Å². The highest BCUT2D eigenvalue weighted by molar-refractivity contribution is 7.18. The van der Waals surface area contributed by atoms with E-state index in [4.69, 9.17) is 4.98 Å². The maximum atomic E-state index is 4.77. The van der Waals surface area contributed by atoms with Crippen molar-refractivity contribution >= 4 is 27.4 Å². The Morgan fingerprint density at radius 2 is 1.68 bits per heavy atom. The van der Waals surface area contributed by atoms with Crippen LogP contribution in [0.2, 0.25) is 0 Å². The second-order valence-corrected chi connectivity index (χ2v) is 8.99. The van der Waals surface area contributed by atoms with E-state index in [1.54, 1.807) is 16.8 Å². The van der Waals surface area contributed by atoms with Gasteiger partial charge >= 0.3 is 0 Å². The fraction of sp³-hybridized carbons (Fsp3) is 0.700. The SMILES string of the molecule is c1nc(N2CCN(C3CCCC3)CC2)c2c3c(sc2n1)CCCCC3. The van der Waals surface area contributed by atoms with Crippen LogP contribution in [0.1, 0.15) is 55.4 Å². The average molecular weight is 357 g/mol. The molecule has 0 N–H and O–H groups in total. The van der Waals surface area contributed by atoms with E-state index in [0.717, 1.165) is 19.1 Å². The van der Waals surface area contributed by atoms with Gasteiger partial charge in [-0.15, -0.1) is 11.3 Å². The Morgan fingerprint density at radius 1 is 0.880 bits per heavy atom. The number of aryl methyl sites for hydroxylation is 2. The number of hydrogen-bond acceptors (Lipinski definition) is 5. The molecule has 2 fully saturated rings. The summed E-state index contributed by atoms with van der Waals surface area (Å²) in [5, 5.41) is 1.39. The lowest BCUT2D eigenvalue weighted by atomic mass is 10.1. The van der Waals surface area contributed by atoms with Crippen LogP contribution < -0.4 is 4.90 Å². The number of thiophene rings is 1. The van der Waals surface area contributed by atoms with Crippen molar-refractivity contribution in [3.05, 3.63) is 16.8 Å². The third kappa shape index (κ3) is 2.95. The summed E-state index contributed by atoms with van der Waals surface area (Å²) in [6.07, 6.45) is 14.0. The average Bonchev–Trinajstić information content (AvgIpc) is 3.25. The van der Waals surface area contributed by atoms with Crippen LogP contribution in [-0.2, 0) is 12.8 Å². The van der Waals surface area contributed by atoms with Crippen molar-refractivity contribution < 1.29 is 0 Å². The molecule has 3 heterocycles. The minimum Gasteiger partial charge on any atom is -0.353 e. The molecule has 2 aliphatic carbocycles. The van der Waals surface area contributed by atoms with Gasteiger partial charge in [0.05, 0.1) is 5.39 Å². The Hall–Kier alpha value is -1.20. The molecule has 4 nitrogen and oxygen atoms in total. The number of hydrogen-bond donors (Lipinski definition) is 0. The molecule has 0 amide bonds. The van der Waals surface area contributed by atoms with E-state index in [1.165, 1.54) is 86.9 Å². The van der Waals surface area contributed by atoms with Gasteiger partial charge in [0.15, 0.2) is 0 Å². The van der Waals surface area contributed by atoms with Crippen LogP contribution in [0, 0.1) is 0 Å². The summed E-state index contributed by atoms with van der Waals surface area (Å²) in [6.45, 7) is 4.63. The van der Waals surface area contributed by atoms with Crippen molar-refractivity contribution in [3.63, 3.8) is 0 Å². The fourth-order valence-electron chi connectivity index (χ4n) is 5.06. The first-order valence-corrected chi connectivity index (χ1v) is 11.0. The number of anilines is 1. The molecular weight excluding hydrogens is 328 g/mol. The van der Waals surface area contributed by atoms with Gasteiger partial charge in [0.1, 0.15) is 17.0 Å². The van der Waals surface area contributed by atoms with Gasteiger partial charge in [-0.2, -0.15) is 0 Å². The summed E-state index contributed by atoms with van der Waals surface area (Å²) in [7, 11) is 0. The van der Waals surface area contributed by atoms with E-state index >= 15 is 0 Å². The van der Waals surface area contributed by atoms with Gasteiger partial charge in [0, 0.05) is 37.1 Å². The summed E-state index contributed by atoms with van der Waals surface area (Å²) >= 11 is 1.92. The largest absolute Gasteiger partial charge is 0.353 e. The Morgan fingerprint density at radius 3 is 2.52 bits per heavy atom. The van der Waals surface area contributed by atoms with Crippen molar-refractivity contribution in [2.24, 2.45) is 0 Å². The molecule has 1 saturated carbocycles. The predicted octanol–water partition coefficient (Wildman–Crippen LogP) is 4.02. The Kier molecular flexibility index (Phi) is 4.38. The molecule has 3 aliphatic rings. The number of rotatable bonds is 2. The van der Waals surface area contributed by atoms with E-state index in [-0.39, 0.29) is 0 Å². The fourth-order valence-corrected chi connectivity index (χ4v) is 6.28. The molecule has 0 radical (unpaired) electrons. The molecule has 25 heavy (non-hydrogen) atoms. The van der Waals surface area contributed by atoms with Crippen LogP contribution in [0.5, 0.6) is 0 Å². The Bertz CT molecular complexity index is 741. The summed E-state index contributed by atoms with van der Waals surface area (Å²) in [6, 6.07) is 0.852. The maximum absolute atomic E-state index is 4.77. The molecule has 2 aromatic rings. The number of piperazine rings is 1. The zero-order valence-corrected chi connectivity index (χ0v) is 15.9. The third-order valence-electron chi connectivity index (χ3n) is 6.44. The number of nitrogens with zero attached hydrogens (tertiary/aromatic N) is 4. The minimum absolute atomic E-state index is 0.852. The van der Waals surface area contributed by atoms with Crippen molar-refractivity contribution in [1.29, 1.82) is 0 Å². The molecule has 0 bridgehead atoms. The zero-order chi connectivity index (χ0) is 16.6. The van der Waals surface area contributed by atoms with Crippen LogP contribution in [0.4, 0.5) is 5.82 Å². The zero-order valence-electron chi connectivity index (χ0n) is 15.0. The highest BCUT2D eigenvalue weighted by Crippen LogP contribution is 2.39. The van der Waals surface area contributed by atoms with E-state index < -0.39 is 0 Å². The number of aromatic nitrogens is 2. The molecule has 5 rings (SSSR count). The summed E-state index contributed by atoms with van der Waals surface area (Å²) in [4.78, 5) is 17.5. The van der Waals surface area contributed by atoms with Gasteiger partial charge in [0.2, 0.25) is 0 Å². The van der Waals surface area contributed by atoms with E-state index in [0.29, 0.717) is 0 Å². The molecule has 0 atom stereocenters. The first-order chi connectivity index (χ1) is 12.4. The molecule has 0 aromatic carbocycles. The van der Waals surface area contributed by atoms with Crippen LogP contribution >= 0.6 is 11.3 Å². The summed E-state index contributed by atoms with van der Waals surface area (Å²) in [5.74, 6) is 1.22. The summed E-state index contributed by atoms with van der Waals surface area (Å²) < 4.78 is 0. The molecular formula is C20H28N4S. The van der Waals surface area contributed by atoms with Crippen molar-refractivity contribution in [1.82, 2.24) is 14.9 Å². The lowest BCUT2D eigenvalue weighted by Crippen LogP contribution is -2.50. The lowest BCUT2D eigenvalue weighted by Gasteiger charge is -2.38. The molecule has 1 aliphatic heterocycles. The molecule has 0 spiro atoms. The van der Waals surface area contributed by atoms with Crippen molar-refractivity contribution in [2.45, 2.75) is 63.8 Å². The van der Waals surface area contributed by atoms with Gasteiger partial charge in [-0.3, -0.25) is 4.90 Å². The monoisotopic (exact) mass is 356 g/mol. The summed E-state index contributed by atoms with van der Waals surface area (Å²) in [5.41, 5.74) is 1.58. The van der Waals surface area contributed by atoms with Gasteiger partial charge in [-0.1, -0.05) is 19.3 Å². The van der Waals surface area contributed by atoms with Gasteiger partial charge < -0.3 is 4.90 Å². The molecule has 0 unspecified atom stereocenters. The highest BCUT2D eigenvalue weighted by Gasteiger charge is 2.28. The second kappa shape index (κ2) is 6.84. The van der Waals surface area contributed by atoms with Crippen LogP contribution in [0.25, 0.3) is 10.2 Å². The van der Waals surface area contributed by atoms with E-state index in [2.05, 4.69) is 14.8 Å². The Labute approximate surface area is 154 Å². The number of fused-ring (bicyclic) bond motifs is 3. The minimum atomic E-state index is 0.852. The van der Waals surface area contributed by atoms with Crippen LogP contribution in [0.3, 0.4) is 0 Å². The molecule has 5 heteroatoms. The highest BCUT2D eigenvalue weighted by atomic mass is 32.1. The van der Waals surface area contributed by atoms with Gasteiger partial charge in [0.25, 0.3) is 0 Å². The molecule has 134 valence electrons. The van der Waals surface area contributed by atoms with Crippen molar-refractivity contribution in [2.75, 3.05) is 31.1 Å². The second-order valence-electron chi connectivity index (χ2n) is 7.90. The van der Waals surface area contributed by atoms with Gasteiger partial charge in [-0.05, 0) is 44.1 Å². The van der Waals surface area contributed by atoms with Crippen molar-refractivity contribution in [3.8, 4) is 0 Å². The lowest BCUT2D eigenvalue weighted by molar-refractivity contribution is 0.187. The third-order valence-corrected chi connectivity index (χ3v) is 7.64. The maximum Gasteiger partial charge on any atom is 0.141 e. The van der Waals surface area contributed by atoms with Gasteiger partial charge in [-0.25, -0.2) is 9.97 Å². The first-order valence-electron chi connectivity index (χ1n) is 10.1. The standard InChI is InChI=1S/C20H28N4S/c1-2-8-16-17(9-3-1)25-20-18(16)19(21-14-22-20)24-12-10-23(11-13-24)15-6-4-5-7-15/h14-15H,1-13H2. The normalized spacial score (nSPS) is 23.1. The van der Waals surface area contributed by atoms with E-state index in [1.807, 2.05) is 11.3 Å². The quantitative estimate of drug-likeness (QED) is 0.761. The van der Waals surface area contributed by atoms with Crippen LogP contribution in [-0.4, -0.2) is 47.1 Å². The molecule has 1 saturated heterocycles. The Balaban J connectivity index is 1.42. The smallest absolute Gasteiger partial charge is 0.141 e. The first kappa shape index (κ1) is 16.0. The van der Waals surface area contributed by atoms with Crippen LogP contribution in [0.15, 0.2) is 6.33 Å². The predicted molar refractivity (Wildman–Crippen MR) is 105 cm³/mol. The molecule has 2 aromatic heterocycles.